The number of anilines is 3. The van der Waals surface area contributed by atoms with Gasteiger partial charge in [-0.3, -0.25) is 5.32 Å². The number of nitrogens with two attached hydrogens (primary N) is 1. The molecular formula is C25H35N7O3. The number of ether oxygens (including phenoxy) is 2. The lowest BCUT2D eigenvalue weighted by Crippen LogP contribution is -2.27. The fraction of sp³-hybridized carbons (Fsp3) is 0.480. The summed E-state index contributed by atoms with van der Waals surface area (Å²) in [6.07, 6.45) is 4.22. The summed E-state index contributed by atoms with van der Waals surface area (Å²) in [7, 11) is 5.81. The first-order valence-corrected chi connectivity index (χ1v) is 11.8. The Morgan fingerprint density at radius 3 is 2.66 bits per heavy atom. The maximum absolute atomic E-state index is 12.3. The Hall–Kier alpha value is -3.53. The van der Waals surface area contributed by atoms with Crippen molar-refractivity contribution in [1.29, 1.82) is 0 Å². The number of carbonyl (C=O) groups is 1. The Bertz CT molecular complexity index is 1220. The predicted octanol–water partition coefficient (Wildman–Crippen LogP) is 4.23. The van der Waals surface area contributed by atoms with Crippen LogP contribution in [0.3, 0.4) is 0 Å². The van der Waals surface area contributed by atoms with Crippen molar-refractivity contribution in [3.05, 3.63) is 30.6 Å². The summed E-state index contributed by atoms with van der Waals surface area (Å²) in [5, 5.41) is 10.9. The number of hydrogen-bond donors (Lipinski definition) is 3. The molecule has 188 valence electrons. The summed E-state index contributed by atoms with van der Waals surface area (Å²) in [4.78, 5) is 18.8. The van der Waals surface area contributed by atoms with Crippen LogP contribution in [0, 0.1) is 0 Å². The maximum Gasteiger partial charge on any atom is 0.412 e. The van der Waals surface area contributed by atoms with Gasteiger partial charge in [0.15, 0.2) is 5.82 Å². The van der Waals surface area contributed by atoms with E-state index < -0.39 is 11.7 Å². The van der Waals surface area contributed by atoms with E-state index in [9.17, 15) is 4.79 Å². The Kier molecular flexibility index (Phi) is 6.75. The Morgan fingerprint density at radius 2 is 2.00 bits per heavy atom. The molecule has 4 rings (SSSR count). The summed E-state index contributed by atoms with van der Waals surface area (Å²) < 4.78 is 12.7. The number of benzene rings is 1. The van der Waals surface area contributed by atoms with Crippen molar-refractivity contribution in [3.63, 3.8) is 0 Å². The van der Waals surface area contributed by atoms with Crippen LogP contribution in [0.5, 0.6) is 5.75 Å². The quantitative estimate of drug-likeness (QED) is 0.479. The van der Waals surface area contributed by atoms with Gasteiger partial charge in [-0.1, -0.05) is 6.07 Å². The van der Waals surface area contributed by atoms with Crippen molar-refractivity contribution >= 4 is 28.9 Å². The molecule has 35 heavy (non-hydrogen) atoms. The van der Waals surface area contributed by atoms with Gasteiger partial charge in [-0.2, -0.15) is 5.10 Å². The fourth-order valence-electron chi connectivity index (χ4n) is 4.53. The lowest BCUT2D eigenvalue weighted by molar-refractivity contribution is 0.0635. The number of nitrogens with one attached hydrogen (secondary N) is 2. The molecule has 0 spiro atoms. The zero-order valence-corrected chi connectivity index (χ0v) is 21.3. The zero-order valence-electron chi connectivity index (χ0n) is 21.3. The van der Waals surface area contributed by atoms with E-state index in [1.165, 1.54) is 6.33 Å². The summed E-state index contributed by atoms with van der Waals surface area (Å²) >= 11 is 0. The molecule has 2 atom stereocenters. The second-order valence-electron chi connectivity index (χ2n) is 10.2. The van der Waals surface area contributed by atoms with E-state index in [-0.39, 0.29) is 0 Å². The van der Waals surface area contributed by atoms with Gasteiger partial charge in [-0.25, -0.2) is 14.3 Å². The van der Waals surface area contributed by atoms with Gasteiger partial charge in [0, 0.05) is 17.6 Å². The van der Waals surface area contributed by atoms with Crippen molar-refractivity contribution in [2.24, 2.45) is 0 Å². The van der Waals surface area contributed by atoms with Crippen molar-refractivity contribution < 1.29 is 14.3 Å². The molecule has 3 aromatic rings. The SMILES string of the molecule is COc1cc(-c2cc(N[C@H]3CC[C@H](N(C)C)C3)n3ncnc(N)c23)ccc1NC(=O)OC(C)(C)C. The van der Waals surface area contributed by atoms with Gasteiger partial charge >= 0.3 is 6.09 Å². The summed E-state index contributed by atoms with van der Waals surface area (Å²) in [6.45, 7) is 5.44. The summed E-state index contributed by atoms with van der Waals surface area (Å²) in [5.74, 6) is 1.75. The van der Waals surface area contributed by atoms with E-state index in [2.05, 4.69) is 39.7 Å². The number of aromatic nitrogens is 3. The van der Waals surface area contributed by atoms with Crippen LogP contribution >= 0.6 is 0 Å². The van der Waals surface area contributed by atoms with Gasteiger partial charge in [-0.05, 0) is 77.9 Å². The van der Waals surface area contributed by atoms with Crippen molar-refractivity contribution in [2.45, 2.75) is 57.7 Å². The third kappa shape index (κ3) is 5.43. The number of carbonyl (C=O) groups excluding carboxylic acids is 1. The van der Waals surface area contributed by atoms with Gasteiger partial charge in [0.2, 0.25) is 0 Å². The van der Waals surface area contributed by atoms with Crippen LogP contribution in [-0.2, 0) is 4.74 Å². The lowest BCUT2D eigenvalue weighted by Gasteiger charge is -2.20. The average Bonchev–Trinajstić information content (AvgIpc) is 3.39. The summed E-state index contributed by atoms with van der Waals surface area (Å²) in [6, 6.07) is 8.49. The molecule has 4 N–H and O–H groups in total. The van der Waals surface area contributed by atoms with E-state index in [0.29, 0.717) is 34.9 Å². The second kappa shape index (κ2) is 9.61. The number of nitrogens with zero attached hydrogens (tertiary/aromatic N) is 4. The Labute approximate surface area is 205 Å². The van der Waals surface area contributed by atoms with Gasteiger partial charge in [-0.15, -0.1) is 0 Å². The maximum atomic E-state index is 12.3. The highest BCUT2D eigenvalue weighted by atomic mass is 16.6. The van der Waals surface area contributed by atoms with Crippen LogP contribution in [0.4, 0.5) is 22.1 Å². The van der Waals surface area contributed by atoms with Crippen LogP contribution < -0.4 is 21.1 Å². The molecule has 2 heterocycles. The largest absolute Gasteiger partial charge is 0.495 e. The minimum absolute atomic E-state index is 0.347. The molecule has 0 unspecified atom stereocenters. The third-order valence-corrected chi connectivity index (χ3v) is 6.22. The van der Waals surface area contributed by atoms with Gasteiger partial charge in [0.05, 0.1) is 12.8 Å². The highest BCUT2D eigenvalue weighted by Crippen LogP contribution is 2.37. The van der Waals surface area contributed by atoms with Gasteiger partial charge in [0.1, 0.15) is 29.0 Å². The minimum atomic E-state index is -0.602. The molecule has 0 radical (unpaired) electrons. The van der Waals surface area contributed by atoms with Crippen molar-refractivity contribution in [3.8, 4) is 16.9 Å². The van der Waals surface area contributed by atoms with Crippen molar-refractivity contribution in [2.75, 3.05) is 37.6 Å². The molecular weight excluding hydrogens is 446 g/mol. The molecule has 10 heteroatoms. The van der Waals surface area contributed by atoms with Crippen LogP contribution in [0.1, 0.15) is 40.0 Å². The Morgan fingerprint density at radius 1 is 1.23 bits per heavy atom. The first kappa shape index (κ1) is 24.6. The van der Waals surface area contributed by atoms with Crippen LogP contribution in [0.25, 0.3) is 16.6 Å². The van der Waals surface area contributed by atoms with E-state index in [4.69, 9.17) is 15.2 Å². The number of methoxy groups -OCH3 is 1. The molecule has 0 bridgehead atoms. The molecule has 1 saturated carbocycles. The molecule has 1 fully saturated rings. The number of amides is 1. The predicted molar refractivity (Wildman–Crippen MR) is 138 cm³/mol. The zero-order chi connectivity index (χ0) is 25.3. The molecule has 0 saturated heterocycles. The number of nitrogen functional groups attached to an aromatic ring is 1. The highest BCUT2D eigenvalue weighted by Gasteiger charge is 2.27. The molecule has 10 nitrogen and oxygen atoms in total. The van der Waals surface area contributed by atoms with Gasteiger partial charge in [0.25, 0.3) is 0 Å². The van der Waals surface area contributed by atoms with E-state index in [1.54, 1.807) is 17.7 Å². The first-order valence-electron chi connectivity index (χ1n) is 11.8. The smallest absolute Gasteiger partial charge is 0.412 e. The monoisotopic (exact) mass is 481 g/mol. The minimum Gasteiger partial charge on any atom is -0.495 e. The van der Waals surface area contributed by atoms with Crippen LogP contribution in [-0.4, -0.2) is 64.5 Å². The van der Waals surface area contributed by atoms with E-state index >= 15 is 0 Å². The normalized spacial score (nSPS) is 18.1. The molecule has 1 aliphatic carbocycles. The average molecular weight is 482 g/mol. The van der Waals surface area contributed by atoms with Crippen LogP contribution in [0.15, 0.2) is 30.6 Å². The number of hydrogen-bond acceptors (Lipinski definition) is 8. The molecule has 2 aromatic heterocycles. The highest BCUT2D eigenvalue weighted by molar-refractivity contribution is 5.93. The summed E-state index contributed by atoms with van der Waals surface area (Å²) in [5.41, 5.74) is 8.65. The third-order valence-electron chi connectivity index (χ3n) is 6.22. The lowest BCUT2D eigenvalue weighted by atomic mass is 10.1. The van der Waals surface area contributed by atoms with Gasteiger partial charge < -0.3 is 25.4 Å². The number of fused-ring (bicyclic) bond motifs is 1. The Balaban J connectivity index is 1.66. The molecule has 1 aliphatic rings. The topological polar surface area (TPSA) is 119 Å². The van der Waals surface area contributed by atoms with E-state index in [1.807, 2.05) is 39.0 Å². The second-order valence-corrected chi connectivity index (χ2v) is 10.2. The first-order chi connectivity index (χ1) is 16.6. The molecule has 1 amide bonds. The molecule has 1 aromatic carbocycles. The number of rotatable bonds is 6. The van der Waals surface area contributed by atoms with E-state index in [0.717, 1.165) is 36.2 Å². The fourth-order valence-corrected chi connectivity index (χ4v) is 4.53. The molecule has 0 aliphatic heterocycles. The van der Waals surface area contributed by atoms with Crippen LogP contribution in [0.2, 0.25) is 0 Å². The standard InChI is InChI=1S/C25H35N7O3/c1-25(2,3)35-24(33)30-19-10-7-15(11-20(19)34-6)18-13-21(32-22(18)23(26)27-14-28-32)29-16-8-9-17(12-16)31(4)5/h7,10-11,13-14,16-17,29H,8-9,12H2,1-6H3,(H,30,33)(H2,26,27,28)/t16-,17-/m0/s1. The van der Waals surface area contributed by atoms with Crippen molar-refractivity contribution in [1.82, 2.24) is 19.5 Å².